The maximum Gasteiger partial charge on any atom is 0.325 e. The van der Waals surface area contributed by atoms with Crippen molar-refractivity contribution in [3.8, 4) is 0 Å². The first kappa shape index (κ1) is 12.1. The number of hydrogen-bond acceptors (Lipinski definition) is 2. The van der Waals surface area contributed by atoms with Gasteiger partial charge in [0.2, 0.25) is 0 Å². The summed E-state index contributed by atoms with van der Waals surface area (Å²) in [6.45, 7) is 1.93. The Morgan fingerprint density at radius 3 is 2.33 bits per heavy atom. The van der Waals surface area contributed by atoms with E-state index in [1.165, 1.54) is 0 Å². The van der Waals surface area contributed by atoms with Gasteiger partial charge in [-0.25, -0.2) is 0 Å². The highest BCUT2D eigenvalue weighted by Crippen LogP contribution is 2.35. The van der Waals surface area contributed by atoms with E-state index in [4.69, 9.17) is 15.5 Å². The molecule has 12 heavy (non-hydrogen) atoms. The quantitative estimate of drug-likeness (QED) is 0.437. The van der Waals surface area contributed by atoms with Crippen molar-refractivity contribution in [2.75, 3.05) is 6.16 Å². The largest absolute Gasteiger partial charge is 0.328 e. The van der Waals surface area contributed by atoms with E-state index in [0.717, 1.165) is 19.3 Å². The zero-order valence-electron chi connectivity index (χ0n) is 7.44. The molecule has 0 amide bonds. The van der Waals surface area contributed by atoms with Gasteiger partial charge in [0.05, 0.1) is 0 Å². The molecule has 0 saturated carbocycles. The van der Waals surface area contributed by atoms with Crippen molar-refractivity contribution in [3.05, 3.63) is 0 Å². The van der Waals surface area contributed by atoms with E-state index in [1.54, 1.807) is 0 Å². The summed E-state index contributed by atoms with van der Waals surface area (Å²) in [5.41, 5.74) is 5.51. The molecule has 0 saturated heterocycles. The van der Waals surface area contributed by atoms with Crippen LogP contribution in [-0.2, 0) is 4.57 Å². The molecular formula is C7H18NO3P. The third-order valence-electron chi connectivity index (χ3n) is 1.61. The lowest BCUT2D eigenvalue weighted by Gasteiger charge is -2.05. The molecule has 4 N–H and O–H groups in total. The van der Waals surface area contributed by atoms with Crippen LogP contribution in [0.5, 0.6) is 0 Å². The zero-order chi connectivity index (χ0) is 9.61. The SMILES string of the molecule is CC(N)CCCCCP(=O)(O)O. The maximum atomic E-state index is 10.4. The summed E-state index contributed by atoms with van der Waals surface area (Å²) >= 11 is 0. The summed E-state index contributed by atoms with van der Waals surface area (Å²) in [5, 5.41) is 0. The fourth-order valence-electron chi connectivity index (χ4n) is 0.961. The second-order valence-electron chi connectivity index (χ2n) is 3.21. The van der Waals surface area contributed by atoms with Gasteiger partial charge >= 0.3 is 7.60 Å². The molecule has 0 spiro atoms. The molecule has 74 valence electrons. The molecule has 0 radical (unpaired) electrons. The Labute approximate surface area is 73.3 Å². The van der Waals surface area contributed by atoms with Gasteiger partial charge in [-0.15, -0.1) is 0 Å². The maximum absolute atomic E-state index is 10.4. The van der Waals surface area contributed by atoms with Crippen LogP contribution in [0.3, 0.4) is 0 Å². The van der Waals surface area contributed by atoms with Crippen LogP contribution in [0.1, 0.15) is 32.6 Å². The zero-order valence-corrected chi connectivity index (χ0v) is 8.33. The van der Waals surface area contributed by atoms with Crippen molar-refractivity contribution in [1.29, 1.82) is 0 Å². The number of rotatable bonds is 6. The number of hydrogen-bond donors (Lipinski definition) is 3. The third kappa shape index (κ3) is 10.1. The van der Waals surface area contributed by atoms with Crippen molar-refractivity contribution in [2.45, 2.75) is 38.6 Å². The van der Waals surface area contributed by atoms with Crippen molar-refractivity contribution >= 4 is 7.60 Å². The molecule has 5 heteroatoms. The lowest BCUT2D eigenvalue weighted by molar-refractivity contribution is 0.370. The second-order valence-corrected chi connectivity index (χ2v) is 4.99. The van der Waals surface area contributed by atoms with Gasteiger partial charge in [0.15, 0.2) is 0 Å². The molecule has 0 heterocycles. The van der Waals surface area contributed by atoms with E-state index in [2.05, 4.69) is 0 Å². The first-order valence-corrected chi connectivity index (χ1v) is 6.02. The molecule has 0 rings (SSSR count). The minimum atomic E-state index is -3.76. The van der Waals surface area contributed by atoms with E-state index in [0.29, 0.717) is 6.42 Å². The topological polar surface area (TPSA) is 83.6 Å². The van der Waals surface area contributed by atoms with E-state index < -0.39 is 7.60 Å². The van der Waals surface area contributed by atoms with Gasteiger partial charge in [-0.1, -0.05) is 12.8 Å². The number of unbranched alkanes of at least 4 members (excludes halogenated alkanes) is 2. The summed E-state index contributed by atoms with van der Waals surface area (Å²) in [5.74, 6) is 0. The van der Waals surface area contributed by atoms with Crippen molar-refractivity contribution in [1.82, 2.24) is 0 Å². The highest BCUT2D eigenvalue weighted by atomic mass is 31.2. The van der Waals surface area contributed by atoms with Crippen LogP contribution in [0.2, 0.25) is 0 Å². The average Bonchev–Trinajstić information content (AvgIpc) is 1.83. The van der Waals surface area contributed by atoms with Gasteiger partial charge < -0.3 is 15.5 Å². The Balaban J connectivity index is 3.17. The molecule has 0 aromatic carbocycles. The molecular weight excluding hydrogens is 177 g/mol. The molecule has 0 aliphatic rings. The Hall–Kier alpha value is 0.110. The van der Waals surface area contributed by atoms with Crippen LogP contribution in [-0.4, -0.2) is 22.0 Å². The van der Waals surface area contributed by atoms with Crippen LogP contribution in [0.25, 0.3) is 0 Å². The lowest BCUT2D eigenvalue weighted by atomic mass is 10.1. The molecule has 4 nitrogen and oxygen atoms in total. The molecule has 1 unspecified atom stereocenters. The summed E-state index contributed by atoms with van der Waals surface area (Å²) in [4.78, 5) is 17.0. The minimum Gasteiger partial charge on any atom is -0.328 e. The van der Waals surface area contributed by atoms with Crippen LogP contribution in [0, 0.1) is 0 Å². The molecule has 0 fully saturated rings. The molecule has 0 aromatic heterocycles. The van der Waals surface area contributed by atoms with E-state index in [9.17, 15) is 4.57 Å². The van der Waals surface area contributed by atoms with Crippen LogP contribution in [0.4, 0.5) is 0 Å². The normalized spacial score (nSPS) is 14.7. The van der Waals surface area contributed by atoms with E-state index in [-0.39, 0.29) is 12.2 Å². The molecule has 0 aliphatic heterocycles. The predicted octanol–water partition coefficient (Wildman–Crippen LogP) is 1.07. The monoisotopic (exact) mass is 195 g/mol. The minimum absolute atomic E-state index is 0.00591. The van der Waals surface area contributed by atoms with Gasteiger partial charge in [-0.2, -0.15) is 0 Å². The van der Waals surface area contributed by atoms with Crippen molar-refractivity contribution in [3.63, 3.8) is 0 Å². The van der Waals surface area contributed by atoms with E-state index >= 15 is 0 Å². The Morgan fingerprint density at radius 1 is 1.33 bits per heavy atom. The standard InChI is InChI=1S/C7H18NO3P/c1-7(8)5-3-2-4-6-12(9,10)11/h7H,2-6,8H2,1H3,(H2,9,10,11). The summed E-state index contributed by atoms with van der Waals surface area (Å²) in [6.07, 6.45) is 3.34. The Kier molecular flexibility index (Phi) is 5.76. The van der Waals surface area contributed by atoms with Crippen molar-refractivity contribution < 1.29 is 14.4 Å². The van der Waals surface area contributed by atoms with Crippen LogP contribution < -0.4 is 5.73 Å². The Morgan fingerprint density at radius 2 is 1.92 bits per heavy atom. The van der Waals surface area contributed by atoms with Crippen LogP contribution >= 0.6 is 7.60 Å². The van der Waals surface area contributed by atoms with Gasteiger partial charge in [-0.05, 0) is 19.8 Å². The van der Waals surface area contributed by atoms with Gasteiger partial charge in [0, 0.05) is 12.2 Å². The van der Waals surface area contributed by atoms with Gasteiger partial charge in [0.1, 0.15) is 0 Å². The molecule has 0 aromatic rings. The first-order chi connectivity index (χ1) is 5.42. The highest BCUT2D eigenvalue weighted by molar-refractivity contribution is 7.51. The summed E-state index contributed by atoms with van der Waals surface area (Å²) in [7, 11) is -3.76. The van der Waals surface area contributed by atoms with E-state index in [1.807, 2.05) is 6.92 Å². The fraction of sp³-hybridized carbons (Fsp3) is 1.00. The average molecular weight is 195 g/mol. The van der Waals surface area contributed by atoms with Crippen molar-refractivity contribution in [2.24, 2.45) is 5.73 Å². The summed E-state index contributed by atoms with van der Waals surface area (Å²) < 4.78 is 10.4. The fourth-order valence-corrected chi connectivity index (χ4v) is 1.60. The second kappa shape index (κ2) is 5.70. The van der Waals surface area contributed by atoms with Gasteiger partial charge in [-0.3, -0.25) is 4.57 Å². The predicted molar refractivity (Wildman–Crippen MR) is 49.0 cm³/mol. The smallest absolute Gasteiger partial charge is 0.325 e. The molecule has 0 bridgehead atoms. The molecule has 1 atom stereocenters. The Bertz CT molecular complexity index is 155. The van der Waals surface area contributed by atoms with Crippen LogP contribution in [0.15, 0.2) is 0 Å². The first-order valence-electron chi connectivity index (χ1n) is 4.22. The molecule has 0 aliphatic carbocycles. The third-order valence-corrected chi connectivity index (χ3v) is 2.51. The lowest BCUT2D eigenvalue weighted by Crippen LogP contribution is -2.13. The van der Waals surface area contributed by atoms with Gasteiger partial charge in [0.25, 0.3) is 0 Å². The highest BCUT2D eigenvalue weighted by Gasteiger charge is 2.10. The number of nitrogens with two attached hydrogens (primary N) is 1. The summed E-state index contributed by atoms with van der Waals surface area (Å²) in [6, 6.07) is 0.194.